The van der Waals surface area contributed by atoms with Gasteiger partial charge in [0, 0.05) is 12.1 Å². The molecule has 0 fully saturated rings. The molecule has 4 rings (SSSR count). The lowest BCUT2D eigenvalue weighted by Gasteiger charge is -2.24. The minimum atomic E-state index is -4.61. The Balaban J connectivity index is 1.82. The first-order valence-electron chi connectivity index (χ1n) is 10.0. The predicted molar refractivity (Wildman–Crippen MR) is 127 cm³/mol. The summed E-state index contributed by atoms with van der Waals surface area (Å²) in [6, 6.07) is 17.8. The molecule has 10 nitrogen and oxygen atoms in total. The predicted octanol–water partition coefficient (Wildman–Crippen LogP) is 2.75. The Hall–Kier alpha value is -3.84. The van der Waals surface area contributed by atoms with Gasteiger partial charge in [-0.2, -0.15) is 0 Å². The summed E-state index contributed by atoms with van der Waals surface area (Å²) in [6.07, 6.45) is 0. The van der Waals surface area contributed by atoms with E-state index in [0.29, 0.717) is 15.4 Å². The monoisotopic (exact) mass is 516 g/mol. The number of phenols is 4. The summed E-state index contributed by atoms with van der Waals surface area (Å²) in [4.78, 5) is 1.04. The number of fused-ring (bicyclic) bond motifs is 1. The lowest BCUT2D eigenvalue weighted by molar-refractivity contribution is 0.370. The van der Waals surface area contributed by atoms with Crippen molar-refractivity contribution in [1.29, 1.82) is 0 Å². The number of nitrogens with zero attached hydrogens (tertiary/aromatic N) is 1. The summed E-state index contributed by atoms with van der Waals surface area (Å²) in [5, 5.41) is 40.1. The molecule has 0 spiro atoms. The van der Waals surface area contributed by atoms with Gasteiger partial charge in [-0.25, -0.2) is 16.8 Å². The van der Waals surface area contributed by atoms with E-state index >= 15 is 0 Å². The molecule has 4 aromatic rings. The third-order valence-electron chi connectivity index (χ3n) is 5.21. The summed E-state index contributed by atoms with van der Waals surface area (Å²) in [7, 11) is -9.17. The van der Waals surface area contributed by atoms with E-state index in [0.717, 1.165) is 41.8 Å². The molecule has 0 unspecified atom stereocenters. The van der Waals surface area contributed by atoms with Gasteiger partial charge in [-0.3, -0.25) is 0 Å². The summed E-state index contributed by atoms with van der Waals surface area (Å²) in [5.74, 6) is -2.52. The highest BCUT2D eigenvalue weighted by atomic mass is 32.2. The second-order valence-electron chi connectivity index (χ2n) is 7.55. The highest BCUT2D eigenvalue weighted by Crippen LogP contribution is 2.31. The van der Waals surface area contributed by atoms with Crippen molar-refractivity contribution in [2.45, 2.75) is 16.3 Å². The Morgan fingerprint density at radius 1 is 0.657 bits per heavy atom. The lowest BCUT2D eigenvalue weighted by Crippen LogP contribution is -2.45. The van der Waals surface area contributed by atoms with Gasteiger partial charge in [0.15, 0.2) is 23.0 Å². The molecule has 35 heavy (non-hydrogen) atoms. The molecule has 0 bridgehead atoms. The molecular formula is C23H20N2O8S2. The van der Waals surface area contributed by atoms with E-state index < -0.39 is 59.4 Å². The molecule has 0 radical (unpaired) electrons. The number of rotatable bonds is 7. The molecule has 5 N–H and O–H groups in total. The maximum atomic E-state index is 13.5. The molecule has 0 saturated heterocycles. The zero-order chi connectivity index (χ0) is 25.4. The zero-order valence-electron chi connectivity index (χ0n) is 17.9. The molecule has 182 valence electrons. The number of hydrazine groups is 1. The van der Waals surface area contributed by atoms with Crippen LogP contribution in [-0.4, -0.2) is 41.7 Å². The number of hydrogen-bond acceptors (Lipinski definition) is 8. The van der Waals surface area contributed by atoms with Gasteiger partial charge in [-0.1, -0.05) is 42.5 Å². The highest BCUT2D eigenvalue weighted by Gasteiger charge is 2.31. The van der Waals surface area contributed by atoms with Gasteiger partial charge < -0.3 is 20.4 Å². The molecular weight excluding hydrogens is 496 g/mol. The van der Waals surface area contributed by atoms with Gasteiger partial charge in [0.25, 0.3) is 20.0 Å². The standard InChI is InChI=1S/C23H20N2O8S2/c26-20-10-8-17(12-22(20)28)34(30,31)24-25(35(32,33)18-9-11-21(27)23(29)13-18)14-16-6-3-5-15-4-1-2-7-19(15)16/h1-13,24,26-29H,14H2. The Bertz CT molecular complexity index is 1630. The fourth-order valence-corrected chi connectivity index (χ4v) is 6.10. The molecule has 0 aliphatic carbocycles. The number of nitrogens with one attached hydrogen (secondary N) is 1. The Morgan fingerprint density at radius 2 is 1.23 bits per heavy atom. The molecule has 0 aliphatic heterocycles. The molecule has 12 heteroatoms. The second kappa shape index (κ2) is 9.07. The molecule has 0 aliphatic rings. The SMILES string of the molecule is O=S(=O)(NN(Cc1cccc2ccccc12)S(=O)(=O)c1ccc(O)c(O)c1)c1ccc(O)c(O)c1. The van der Waals surface area contributed by atoms with Crippen LogP contribution in [0, 0.1) is 0 Å². The minimum absolute atomic E-state index is 0.436. The Morgan fingerprint density at radius 3 is 1.89 bits per heavy atom. The van der Waals surface area contributed by atoms with Gasteiger partial charge in [0.05, 0.1) is 16.3 Å². The van der Waals surface area contributed by atoms with E-state index in [4.69, 9.17) is 0 Å². The third-order valence-corrected chi connectivity index (χ3v) is 8.31. The maximum absolute atomic E-state index is 13.5. The Labute approximate surface area is 201 Å². The topological polar surface area (TPSA) is 164 Å². The number of phenolic OH excluding ortho intramolecular Hbond substituents is 4. The molecule has 4 aromatic carbocycles. The van der Waals surface area contributed by atoms with Crippen molar-refractivity contribution in [3.05, 3.63) is 84.4 Å². The fraction of sp³-hybridized carbons (Fsp3) is 0.0435. The fourth-order valence-electron chi connectivity index (χ4n) is 3.40. The minimum Gasteiger partial charge on any atom is -0.504 e. The lowest BCUT2D eigenvalue weighted by atomic mass is 10.1. The Kier molecular flexibility index (Phi) is 6.30. The van der Waals surface area contributed by atoms with Crippen LogP contribution in [0.2, 0.25) is 0 Å². The van der Waals surface area contributed by atoms with Crippen molar-refractivity contribution in [1.82, 2.24) is 9.25 Å². The quantitative estimate of drug-likeness (QED) is 0.185. The van der Waals surface area contributed by atoms with Gasteiger partial charge in [0.2, 0.25) is 0 Å². The van der Waals surface area contributed by atoms with Gasteiger partial charge in [-0.05, 0) is 40.6 Å². The van der Waals surface area contributed by atoms with Crippen LogP contribution in [0.25, 0.3) is 10.8 Å². The molecule has 0 saturated carbocycles. The smallest absolute Gasteiger partial charge is 0.257 e. The zero-order valence-corrected chi connectivity index (χ0v) is 19.5. The summed E-state index contributed by atoms with van der Waals surface area (Å²) in [6.45, 7) is -0.436. The first-order chi connectivity index (χ1) is 16.5. The maximum Gasteiger partial charge on any atom is 0.257 e. The first-order valence-corrected chi connectivity index (χ1v) is 13.0. The normalized spacial score (nSPS) is 12.3. The van der Waals surface area contributed by atoms with E-state index in [9.17, 15) is 37.3 Å². The van der Waals surface area contributed by atoms with E-state index in [2.05, 4.69) is 0 Å². The van der Waals surface area contributed by atoms with Crippen LogP contribution in [0.5, 0.6) is 23.0 Å². The second-order valence-corrected chi connectivity index (χ2v) is 11.1. The van der Waals surface area contributed by atoms with Crippen molar-refractivity contribution >= 4 is 30.8 Å². The van der Waals surface area contributed by atoms with Crippen LogP contribution >= 0.6 is 0 Å². The van der Waals surface area contributed by atoms with Crippen molar-refractivity contribution in [2.24, 2.45) is 0 Å². The summed E-state index contributed by atoms with van der Waals surface area (Å²) < 4.78 is 53.6. The highest BCUT2D eigenvalue weighted by molar-refractivity contribution is 7.92. The number of hydrogen-bond donors (Lipinski definition) is 5. The van der Waals surface area contributed by atoms with Crippen LogP contribution in [0.1, 0.15) is 5.56 Å². The first kappa shape index (κ1) is 24.3. The van der Waals surface area contributed by atoms with Crippen molar-refractivity contribution < 1.29 is 37.3 Å². The number of aromatic hydroxyl groups is 4. The summed E-state index contributed by atoms with van der Waals surface area (Å²) >= 11 is 0. The number of sulfonamides is 2. The van der Waals surface area contributed by atoms with Crippen molar-refractivity contribution in [3.8, 4) is 23.0 Å². The van der Waals surface area contributed by atoms with Gasteiger partial charge in [0.1, 0.15) is 0 Å². The van der Waals surface area contributed by atoms with Gasteiger partial charge >= 0.3 is 0 Å². The number of benzene rings is 4. The van der Waals surface area contributed by atoms with Crippen LogP contribution in [-0.2, 0) is 26.6 Å². The summed E-state index contributed by atoms with van der Waals surface area (Å²) in [5.41, 5.74) is 0.478. The van der Waals surface area contributed by atoms with E-state index in [1.807, 2.05) is 17.0 Å². The van der Waals surface area contributed by atoms with E-state index in [-0.39, 0.29) is 0 Å². The van der Waals surface area contributed by atoms with E-state index in [1.54, 1.807) is 30.3 Å². The van der Waals surface area contributed by atoms with Crippen LogP contribution in [0.4, 0.5) is 0 Å². The van der Waals surface area contributed by atoms with Crippen LogP contribution in [0.15, 0.2) is 88.7 Å². The largest absolute Gasteiger partial charge is 0.504 e. The van der Waals surface area contributed by atoms with E-state index in [1.165, 1.54) is 0 Å². The molecule has 0 amide bonds. The molecule has 0 heterocycles. The average molecular weight is 517 g/mol. The van der Waals surface area contributed by atoms with Crippen molar-refractivity contribution in [2.75, 3.05) is 0 Å². The third kappa shape index (κ3) is 4.86. The average Bonchev–Trinajstić information content (AvgIpc) is 2.82. The molecule has 0 aromatic heterocycles. The van der Waals surface area contributed by atoms with Crippen LogP contribution < -0.4 is 4.83 Å². The molecule has 0 atom stereocenters. The van der Waals surface area contributed by atoms with Crippen molar-refractivity contribution in [3.63, 3.8) is 0 Å². The van der Waals surface area contributed by atoms with Crippen LogP contribution in [0.3, 0.4) is 0 Å². The van der Waals surface area contributed by atoms with Gasteiger partial charge in [-0.15, -0.1) is 9.25 Å².